The van der Waals surface area contributed by atoms with Gasteiger partial charge in [-0.05, 0) is 12.8 Å². The Morgan fingerprint density at radius 3 is 2.00 bits per heavy atom. The van der Waals surface area contributed by atoms with E-state index in [1.54, 1.807) is 0 Å². The largest absolute Gasteiger partial charge is 0.385 e. The molecule has 0 bridgehead atoms. The molecule has 1 rings (SSSR count). The average molecular weight is 198 g/mol. The van der Waals surface area contributed by atoms with Crippen molar-refractivity contribution in [1.29, 1.82) is 0 Å². The number of carbonyl (C=O) groups is 1. The first-order chi connectivity index (χ1) is 6.80. The highest BCUT2D eigenvalue weighted by Crippen LogP contribution is 2.14. The van der Waals surface area contributed by atoms with Gasteiger partial charge in [0.2, 0.25) is 0 Å². The van der Waals surface area contributed by atoms with Crippen LogP contribution in [0.5, 0.6) is 0 Å². The van der Waals surface area contributed by atoms with E-state index in [0.29, 0.717) is 12.8 Å². The Balaban J connectivity index is 2.27. The minimum absolute atomic E-state index is 0.0607. The van der Waals surface area contributed by atoms with Gasteiger partial charge >= 0.3 is 0 Å². The van der Waals surface area contributed by atoms with Crippen LogP contribution >= 0.6 is 0 Å². The monoisotopic (exact) mass is 198 g/mol. The first kappa shape index (κ1) is 11.7. The summed E-state index contributed by atoms with van der Waals surface area (Å²) in [4.78, 5) is 11.4. The summed E-state index contributed by atoms with van der Waals surface area (Å²) in [5.41, 5.74) is 0. The molecule has 1 aliphatic carbocycles. The predicted molar refractivity (Wildman–Crippen MR) is 57.2 cm³/mol. The fourth-order valence-corrected chi connectivity index (χ4v) is 2.03. The van der Waals surface area contributed by atoms with Gasteiger partial charge in [-0.15, -0.1) is 0 Å². The first-order valence-electron chi connectivity index (χ1n) is 6.01. The van der Waals surface area contributed by atoms with Gasteiger partial charge in [-0.25, -0.2) is 0 Å². The Morgan fingerprint density at radius 1 is 0.857 bits per heavy atom. The van der Waals surface area contributed by atoms with E-state index in [0.717, 1.165) is 19.3 Å². The molecule has 1 fully saturated rings. The molecule has 82 valence electrons. The van der Waals surface area contributed by atoms with E-state index in [1.165, 1.54) is 32.1 Å². The minimum atomic E-state index is -0.672. The van der Waals surface area contributed by atoms with Gasteiger partial charge in [0.05, 0.1) is 0 Å². The summed E-state index contributed by atoms with van der Waals surface area (Å²) >= 11 is 0. The van der Waals surface area contributed by atoms with Gasteiger partial charge in [-0.3, -0.25) is 4.79 Å². The second-order valence-corrected chi connectivity index (χ2v) is 4.35. The van der Waals surface area contributed by atoms with Crippen LogP contribution in [0.25, 0.3) is 0 Å². The third-order valence-electron chi connectivity index (χ3n) is 3.02. The molecule has 0 aromatic heterocycles. The zero-order valence-electron chi connectivity index (χ0n) is 9.00. The number of ketones is 1. The summed E-state index contributed by atoms with van der Waals surface area (Å²) in [5, 5.41) is 9.51. The van der Waals surface area contributed by atoms with E-state index >= 15 is 0 Å². The fourth-order valence-electron chi connectivity index (χ4n) is 2.03. The minimum Gasteiger partial charge on any atom is -0.385 e. The molecule has 1 aliphatic rings. The van der Waals surface area contributed by atoms with Crippen LogP contribution < -0.4 is 0 Å². The number of rotatable bonds is 0. The summed E-state index contributed by atoms with van der Waals surface area (Å²) in [6.45, 7) is 0. The zero-order chi connectivity index (χ0) is 10.2. The molecule has 1 saturated carbocycles. The highest BCUT2D eigenvalue weighted by Gasteiger charge is 2.14. The van der Waals surface area contributed by atoms with Crippen LogP contribution in [0, 0.1) is 0 Å². The Morgan fingerprint density at radius 2 is 1.36 bits per heavy atom. The SMILES string of the molecule is O=C1CCCCCCCCCC[C@@H]1O. The molecule has 0 heterocycles. The molecule has 0 aromatic carbocycles. The van der Waals surface area contributed by atoms with Crippen LogP contribution in [0.2, 0.25) is 0 Å². The second-order valence-electron chi connectivity index (χ2n) is 4.35. The van der Waals surface area contributed by atoms with Crippen molar-refractivity contribution in [2.75, 3.05) is 0 Å². The van der Waals surface area contributed by atoms with Crippen molar-refractivity contribution in [1.82, 2.24) is 0 Å². The highest BCUT2D eigenvalue weighted by molar-refractivity contribution is 5.82. The second kappa shape index (κ2) is 6.99. The van der Waals surface area contributed by atoms with Crippen molar-refractivity contribution in [3.8, 4) is 0 Å². The average Bonchev–Trinajstić information content (AvgIpc) is 2.18. The topological polar surface area (TPSA) is 37.3 Å². The van der Waals surface area contributed by atoms with Crippen LogP contribution in [-0.4, -0.2) is 17.0 Å². The van der Waals surface area contributed by atoms with Crippen molar-refractivity contribution in [2.45, 2.75) is 70.3 Å². The van der Waals surface area contributed by atoms with Crippen LogP contribution in [0.15, 0.2) is 0 Å². The zero-order valence-corrected chi connectivity index (χ0v) is 9.00. The van der Waals surface area contributed by atoms with Crippen molar-refractivity contribution in [2.24, 2.45) is 0 Å². The molecule has 1 atom stereocenters. The van der Waals surface area contributed by atoms with Gasteiger partial charge in [-0.1, -0.05) is 44.9 Å². The summed E-state index contributed by atoms with van der Waals surface area (Å²) in [5.74, 6) is 0.0607. The molecule has 2 heteroatoms. The molecule has 0 radical (unpaired) electrons. The molecule has 0 amide bonds. The molecule has 0 aliphatic heterocycles. The lowest BCUT2D eigenvalue weighted by Gasteiger charge is -2.10. The molecule has 2 nitrogen and oxygen atoms in total. The molecule has 0 saturated heterocycles. The van der Waals surface area contributed by atoms with E-state index in [1.807, 2.05) is 0 Å². The lowest BCUT2D eigenvalue weighted by atomic mass is 9.99. The molecule has 1 N–H and O–H groups in total. The number of aliphatic hydroxyl groups is 1. The molecule has 0 unspecified atom stereocenters. The normalized spacial score (nSPS) is 27.8. The van der Waals surface area contributed by atoms with Gasteiger partial charge in [0.15, 0.2) is 5.78 Å². The smallest absolute Gasteiger partial charge is 0.161 e. The van der Waals surface area contributed by atoms with Gasteiger partial charge < -0.3 is 5.11 Å². The van der Waals surface area contributed by atoms with Crippen LogP contribution in [-0.2, 0) is 4.79 Å². The lowest BCUT2D eigenvalue weighted by molar-refractivity contribution is -0.127. The number of hydrogen-bond acceptors (Lipinski definition) is 2. The Labute approximate surface area is 86.7 Å². The van der Waals surface area contributed by atoms with Gasteiger partial charge in [0.25, 0.3) is 0 Å². The number of aliphatic hydroxyl groups excluding tert-OH is 1. The predicted octanol–water partition coefficient (Wildman–Crippen LogP) is 2.83. The van der Waals surface area contributed by atoms with Gasteiger partial charge in [0.1, 0.15) is 6.10 Å². The molecule has 0 spiro atoms. The third-order valence-corrected chi connectivity index (χ3v) is 3.02. The molecule has 14 heavy (non-hydrogen) atoms. The maximum absolute atomic E-state index is 11.4. The summed E-state index contributed by atoms with van der Waals surface area (Å²) in [7, 11) is 0. The molecular weight excluding hydrogens is 176 g/mol. The lowest BCUT2D eigenvalue weighted by Crippen LogP contribution is -2.20. The van der Waals surface area contributed by atoms with Crippen molar-refractivity contribution >= 4 is 5.78 Å². The Kier molecular flexibility index (Phi) is 5.85. The van der Waals surface area contributed by atoms with Crippen molar-refractivity contribution in [3.63, 3.8) is 0 Å². The Bertz CT molecular complexity index is 166. The van der Waals surface area contributed by atoms with E-state index in [-0.39, 0.29) is 5.78 Å². The van der Waals surface area contributed by atoms with Crippen LogP contribution in [0.4, 0.5) is 0 Å². The molecule has 0 aromatic rings. The third kappa shape index (κ3) is 4.75. The first-order valence-corrected chi connectivity index (χ1v) is 6.01. The van der Waals surface area contributed by atoms with Crippen LogP contribution in [0.1, 0.15) is 64.2 Å². The maximum Gasteiger partial charge on any atom is 0.161 e. The van der Waals surface area contributed by atoms with Gasteiger partial charge in [-0.2, -0.15) is 0 Å². The van der Waals surface area contributed by atoms with E-state index in [2.05, 4.69) is 0 Å². The number of carbonyl (C=O) groups excluding carboxylic acids is 1. The van der Waals surface area contributed by atoms with Gasteiger partial charge in [0, 0.05) is 6.42 Å². The summed E-state index contributed by atoms with van der Waals surface area (Å²) in [6.07, 6.45) is 10.0. The summed E-state index contributed by atoms with van der Waals surface area (Å²) < 4.78 is 0. The Hall–Kier alpha value is -0.370. The fraction of sp³-hybridized carbons (Fsp3) is 0.917. The quantitative estimate of drug-likeness (QED) is 0.650. The molecular formula is C12H22O2. The maximum atomic E-state index is 11.4. The van der Waals surface area contributed by atoms with Crippen LogP contribution in [0.3, 0.4) is 0 Å². The standard InChI is InChI=1S/C12H22O2/c13-11-9-7-5-3-1-2-4-6-8-10-12(11)14/h11,13H,1-10H2/t11-/m0/s1. The van der Waals surface area contributed by atoms with E-state index in [9.17, 15) is 9.90 Å². The summed E-state index contributed by atoms with van der Waals surface area (Å²) in [6, 6.07) is 0. The highest BCUT2D eigenvalue weighted by atomic mass is 16.3. The van der Waals surface area contributed by atoms with E-state index < -0.39 is 6.10 Å². The number of hydrogen-bond donors (Lipinski definition) is 1. The van der Waals surface area contributed by atoms with E-state index in [4.69, 9.17) is 0 Å². The van der Waals surface area contributed by atoms with Crippen molar-refractivity contribution < 1.29 is 9.90 Å². The van der Waals surface area contributed by atoms with Crippen molar-refractivity contribution in [3.05, 3.63) is 0 Å². The number of Topliss-reactive ketones (excluding diaryl/α,β-unsaturated/α-hetero) is 1.